The molecule has 1 saturated carbocycles. The predicted octanol–water partition coefficient (Wildman–Crippen LogP) is 4.14. The minimum Gasteiger partial charge on any atom is -0.450 e. The van der Waals surface area contributed by atoms with Gasteiger partial charge in [0.1, 0.15) is 11.4 Å². The lowest BCUT2D eigenvalue weighted by Crippen LogP contribution is -2.31. The third-order valence-corrected chi connectivity index (χ3v) is 6.30. The summed E-state index contributed by atoms with van der Waals surface area (Å²) in [6.07, 6.45) is 8.45. The van der Waals surface area contributed by atoms with Gasteiger partial charge in [-0.2, -0.15) is 0 Å². The van der Waals surface area contributed by atoms with E-state index in [1.54, 1.807) is 24.7 Å². The van der Waals surface area contributed by atoms with Crippen LogP contribution in [0.2, 0.25) is 0 Å². The summed E-state index contributed by atoms with van der Waals surface area (Å²) < 4.78 is 5.83. The first-order valence-electron chi connectivity index (χ1n) is 10.2. The van der Waals surface area contributed by atoms with E-state index in [0.29, 0.717) is 16.9 Å². The molecule has 1 aliphatic heterocycles. The number of benzene rings is 1. The van der Waals surface area contributed by atoms with Gasteiger partial charge < -0.3 is 9.72 Å². The summed E-state index contributed by atoms with van der Waals surface area (Å²) >= 11 is 0. The molecular formula is C23H19N5O2. The monoisotopic (exact) mass is 397 g/mol. The van der Waals surface area contributed by atoms with Crippen LogP contribution in [-0.2, 0) is 10.3 Å². The highest BCUT2D eigenvalue weighted by Gasteiger charge is 2.48. The van der Waals surface area contributed by atoms with Gasteiger partial charge in [-0.05, 0) is 31.7 Å². The standard InChI is InChI=1S/C23H19N5O2/c29-22-16-8-11-24-12-17(16)23(30-22)9-6-15(7-10-23)19-27-20-21(28-19)26-18(13-25-20)14-4-2-1-3-5-14/h1-5,8,11-13,15H,6-7,9-10H2,(H,25,26,27,28)/t15-,23-. The highest BCUT2D eigenvalue weighted by molar-refractivity contribution is 5.94. The molecule has 7 heteroatoms. The number of H-pyrrole nitrogens is 1. The summed E-state index contributed by atoms with van der Waals surface area (Å²) in [7, 11) is 0. The fourth-order valence-corrected chi connectivity index (χ4v) is 4.70. The minimum absolute atomic E-state index is 0.239. The number of nitrogens with one attached hydrogen (secondary N) is 1. The molecule has 0 atom stereocenters. The molecule has 1 fully saturated rings. The van der Waals surface area contributed by atoms with Crippen LogP contribution in [-0.4, -0.2) is 30.9 Å². The molecule has 2 aliphatic rings. The molecule has 1 aromatic carbocycles. The quantitative estimate of drug-likeness (QED) is 0.511. The van der Waals surface area contributed by atoms with Crippen molar-refractivity contribution in [1.82, 2.24) is 24.9 Å². The molecular weight excluding hydrogens is 378 g/mol. The summed E-state index contributed by atoms with van der Waals surface area (Å²) in [4.78, 5) is 33.8. The molecule has 0 unspecified atom stereocenters. The fourth-order valence-electron chi connectivity index (χ4n) is 4.70. The molecule has 4 aromatic rings. The second-order valence-electron chi connectivity index (χ2n) is 7.99. The van der Waals surface area contributed by atoms with E-state index in [9.17, 15) is 4.79 Å². The van der Waals surface area contributed by atoms with Crippen molar-refractivity contribution in [3.05, 3.63) is 71.9 Å². The van der Waals surface area contributed by atoms with E-state index in [4.69, 9.17) is 9.72 Å². The Labute approximate surface area is 172 Å². The van der Waals surface area contributed by atoms with Gasteiger partial charge in [0.2, 0.25) is 0 Å². The van der Waals surface area contributed by atoms with Gasteiger partial charge in [0.15, 0.2) is 11.3 Å². The summed E-state index contributed by atoms with van der Waals surface area (Å²) in [6, 6.07) is 11.7. The van der Waals surface area contributed by atoms with E-state index in [0.717, 1.165) is 48.3 Å². The Bertz CT molecular complexity index is 1260. The van der Waals surface area contributed by atoms with Crippen molar-refractivity contribution in [2.75, 3.05) is 0 Å². The van der Waals surface area contributed by atoms with Crippen molar-refractivity contribution in [2.24, 2.45) is 0 Å². The first-order chi connectivity index (χ1) is 14.7. The molecule has 1 spiro atoms. The summed E-state index contributed by atoms with van der Waals surface area (Å²) in [5, 5.41) is 0. The summed E-state index contributed by atoms with van der Waals surface area (Å²) in [6.45, 7) is 0. The predicted molar refractivity (Wildman–Crippen MR) is 110 cm³/mol. The molecule has 0 amide bonds. The largest absolute Gasteiger partial charge is 0.450 e. The van der Waals surface area contributed by atoms with Gasteiger partial charge in [-0.15, -0.1) is 0 Å². The number of hydrogen-bond donors (Lipinski definition) is 1. The number of aromatic nitrogens is 5. The molecule has 148 valence electrons. The van der Waals surface area contributed by atoms with Gasteiger partial charge >= 0.3 is 5.97 Å². The number of ether oxygens (including phenoxy) is 1. The van der Waals surface area contributed by atoms with E-state index in [2.05, 4.69) is 19.9 Å². The zero-order chi connectivity index (χ0) is 20.1. The van der Waals surface area contributed by atoms with Crippen molar-refractivity contribution in [2.45, 2.75) is 37.2 Å². The number of imidazole rings is 1. The maximum Gasteiger partial charge on any atom is 0.339 e. The first-order valence-corrected chi connectivity index (χ1v) is 10.2. The van der Waals surface area contributed by atoms with Crippen molar-refractivity contribution in [1.29, 1.82) is 0 Å². The second kappa shape index (κ2) is 6.45. The van der Waals surface area contributed by atoms with Crippen LogP contribution in [0.25, 0.3) is 22.6 Å². The Morgan fingerprint density at radius 2 is 1.87 bits per heavy atom. The second-order valence-corrected chi connectivity index (χ2v) is 7.99. The fraction of sp³-hybridized carbons (Fsp3) is 0.261. The average molecular weight is 397 g/mol. The van der Waals surface area contributed by atoms with Crippen LogP contribution in [0.1, 0.15) is 53.3 Å². The Kier molecular flexibility index (Phi) is 3.71. The van der Waals surface area contributed by atoms with E-state index < -0.39 is 5.60 Å². The lowest BCUT2D eigenvalue weighted by Gasteiger charge is -2.35. The van der Waals surface area contributed by atoms with Crippen molar-refractivity contribution in [3.8, 4) is 11.3 Å². The van der Waals surface area contributed by atoms with Gasteiger partial charge in [-0.25, -0.2) is 19.7 Å². The van der Waals surface area contributed by atoms with Gasteiger partial charge in [0, 0.05) is 29.4 Å². The van der Waals surface area contributed by atoms with Crippen LogP contribution >= 0.6 is 0 Å². The number of carbonyl (C=O) groups excluding carboxylic acids is 1. The maximum absolute atomic E-state index is 12.3. The van der Waals surface area contributed by atoms with Crippen molar-refractivity contribution in [3.63, 3.8) is 0 Å². The number of esters is 1. The molecule has 1 N–H and O–H groups in total. The third-order valence-electron chi connectivity index (χ3n) is 6.30. The molecule has 4 heterocycles. The SMILES string of the molecule is O=C1O[C@]2(CC[C@H](c3nc4nc(-c5ccccc5)cnc4[nH]3)CC2)c2cnccc21. The van der Waals surface area contributed by atoms with Gasteiger partial charge in [-0.3, -0.25) is 4.98 Å². The zero-order valence-electron chi connectivity index (χ0n) is 16.2. The number of fused-ring (bicyclic) bond motifs is 3. The van der Waals surface area contributed by atoms with Crippen LogP contribution in [0.5, 0.6) is 0 Å². The normalized spacial score (nSPS) is 22.9. The Balaban J connectivity index is 1.26. The van der Waals surface area contributed by atoms with Crippen molar-refractivity contribution >= 4 is 17.3 Å². The number of hydrogen-bond acceptors (Lipinski definition) is 6. The molecule has 1 aliphatic carbocycles. The van der Waals surface area contributed by atoms with Gasteiger partial charge in [0.05, 0.1) is 17.5 Å². The third kappa shape index (κ3) is 2.62. The van der Waals surface area contributed by atoms with Crippen LogP contribution in [0.15, 0.2) is 55.0 Å². The molecule has 0 radical (unpaired) electrons. The number of rotatable bonds is 2. The first kappa shape index (κ1) is 17.3. The highest BCUT2D eigenvalue weighted by Crippen LogP contribution is 2.49. The summed E-state index contributed by atoms with van der Waals surface area (Å²) in [5.41, 5.74) is 4.19. The lowest BCUT2D eigenvalue weighted by atomic mass is 9.75. The van der Waals surface area contributed by atoms with E-state index >= 15 is 0 Å². The maximum atomic E-state index is 12.3. The molecule has 3 aromatic heterocycles. The number of nitrogens with zero attached hydrogens (tertiary/aromatic N) is 4. The van der Waals surface area contributed by atoms with Crippen LogP contribution < -0.4 is 0 Å². The lowest BCUT2D eigenvalue weighted by molar-refractivity contribution is -0.0313. The summed E-state index contributed by atoms with van der Waals surface area (Å²) in [5.74, 6) is 0.920. The number of aromatic amines is 1. The Hall–Kier alpha value is -3.61. The van der Waals surface area contributed by atoms with Gasteiger partial charge in [0.25, 0.3) is 0 Å². The Morgan fingerprint density at radius 1 is 1.03 bits per heavy atom. The van der Waals surface area contributed by atoms with E-state index in [-0.39, 0.29) is 11.9 Å². The smallest absolute Gasteiger partial charge is 0.339 e. The van der Waals surface area contributed by atoms with Crippen molar-refractivity contribution < 1.29 is 9.53 Å². The van der Waals surface area contributed by atoms with E-state index in [1.165, 1.54) is 0 Å². The van der Waals surface area contributed by atoms with Gasteiger partial charge in [-0.1, -0.05) is 30.3 Å². The Morgan fingerprint density at radius 3 is 2.70 bits per heavy atom. The molecule has 6 rings (SSSR count). The topological polar surface area (TPSA) is 93.6 Å². The molecule has 7 nitrogen and oxygen atoms in total. The molecule has 0 saturated heterocycles. The average Bonchev–Trinajstić information content (AvgIpc) is 3.34. The molecule has 0 bridgehead atoms. The number of carbonyl (C=O) groups is 1. The van der Waals surface area contributed by atoms with E-state index in [1.807, 2.05) is 30.3 Å². The van der Waals surface area contributed by atoms with Crippen LogP contribution in [0, 0.1) is 0 Å². The minimum atomic E-state index is -0.541. The molecule has 30 heavy (non-hydrogen) atoms. The zero-order valence-corrected chi connectivity index (χ0v) is 16.2. The van der Waals surface area contributed by atoms with Crippen LogP contribution in [0.4, 0.5) is 0 Å². The highest BCUT2D eigenvalue weighted by atomic mass is 16.6. The number of pyridine rings is 1. The van der Waals surface area contributed by atoms with Crippen LogP contribution in [0.3, 0.4) is 0 Å².